The standard InChI is InChI=1S/C21H36O/c1-2-3-8-21(22)18-12-9-17(10-13-18)20-14-11-16-6-4-5-7-19(16)15-20/h16-20H,2-15H2,1H3/t16-,17?,18?,19-,20-/m1/s1. The number of carbonyl (C=O) groups excluding carboxylic acids is 1. The predicted octanol–water partition coefficient (Wildman–Crippen LogP) is 6.16. The van der Waals surface area contributed by atoms with Crippen molar-refractivity contribution >= 4 is 5.78 Å². The first-order valence-electron chi connectivity index (χ1n) is 10.3. The Morgan fingerprint density at radius 2 is 1.32 bits per heavy atom. The maximum atomic E-state index is 12.2. The number of fused-ring (bicyclic) bond motifs is 1. The molecular weight excluding hydrogens is 268 g/mol. The molecule has 0 radical (unpaired) electrons. The highest BCUT2D eigenvalue weighted by atomic mass is 16.1. The molecule has 0 aromatic heterocycles. The summed E-state index contributed by atoms with van der Waals surface area (Å²) in [7, 11) is 0. The molecule has 0 saturated heterocycles. The van der Waals surface area contributed by atoms with Crippen LogP contribution in [0.3, 0.4) is 0 Å². The number of hydrogen-bond acceptors (Lipinski definition) is 1. The Kier molecular flexibility index (Phi) is 5.99. The van der Waals surface area contributed by atoms with Crippen molar-refractivity contribution in [3.05, 3.63) is 0 Å². The van der Waals surface area contributed by atoms with Gasteiger partial charge in [0.25, 0.3) is 0 Å². The van der Waals surface area contributed by atoms with Gasteiger partial charge in [-0.3, -0.25) is 4.79 Å². The molecule has 3 atom stereocenters. The second-order valence-electron chi connectivity index (χ2n) is 8.56. The number of Topliss-reactive ketones (excluding diaryl/α,β-unsaturated/α-hetero) is 1. The number of hydrogen-bond donors (Lipinski definition) is 0. The van der Waals surface area contributed by atoms with E-state index in [-0.39, 0.29) is 0 Å². The zero-order chi connectivity index (χ0) is 15.4. The molecule has 1 nitrogen and oxygen atoms in total. The molecule has 0 aromatic rings. The first-order chi connectivity index (χ1) is 10.8. The number of unbranched alkanes of at least 4 members (excludes halogenated alkanes) is 1. The van der Waals surface area contributed by atoms with Crippen LogP contribution < -0.4 is 0 Å². The second-order valence-corrected chi connectivity index (χ2v) is 8.56. The Bertz CT molecular complexity index is 353. The highest BCUT2D eigenvalue weighted by molar-refractivity contribution is 5.81. The summed E-state index contributed by atoms with van der Waals surface area (Å²) in [5, 5.41) is 0. The minimum atomic E-state index is 0.425. The van der Waals surface area contributed by atoms with Gasteiger partial charge >= 0.3 is 0 Å². The molecule has 3 fully saturated rings. The molecule has 3 saturated carbocycles. The van der Waals surface area contributed by atoms with Crippen LogP contribution in [0.4, 0.5) is 0 Å². The van der Waals surface area contributed by atoms with Gasteiger partial charge in [0.05, 0.1) is 0 Å². The van der Waals surface area contributed by atoms with Gasteiger partial charge in [-0.2, -0.15) is 0 Å². The highest BCUT2D eigenvalue weighted by Gasteiger charge is 2.37. The van der Waals surface area contributed by atoms with Gasteiger partial charge in [0.1, 0.15) is 5.78 Å². The molecule has 0 N–H and O–H groups in total. The van der Waals surface area contributed by atoms with E-state index in [2.05, 4.69) is 6.92 Å². The molecule has 0 aromatic carbocycles. The van der Waals surface area contributed by atoms with Crippen molar-refractivity contribution in [3.63, 3.8) is 0 Å². The Labute approximate surface area is 137 Å². The Morgan fingerprint density at radius 3 is 2.05 bits per heavy atom. The third-order valence-corrected chi connectivity index (χ3v) is 7.25. The lowest BCUT2D eigenvalue weighted by atomic mass is 9.62. The fourth-order valence-corrected chi connectivity index (χ4v) is 5.81. The van der Waals surface area contributed by atoms with E-state index in [0.29, 0.717) is 11.7 Å². The van der Waals surface area contributed by atoms with Gasteiger partial charge < -0.3 is 0 Å². The zero-order valence-electron chi connectivity index (χ0n) is 14.7. The van der Waals surface area contributed by atoms with Gasteiger partial charge in [-0.05, 0) is 75.0 Å². The van der Waals surface area contributed by atoms with E-state index in [4.69, 9.17) is 0 Å². The van der Waals surface area contributed by atoms with Crippen LogP contribution >= 0.6 is 0 Å². The normalized spacial score (nSPS) is 39.2. The van der Waals surface area contributed by atoms with E-state index in [1.54, 1.807) is 0 Å². The molecular formula is C21H36O. The molecule has 3 aliphatic rings. The summed E-state index contributed by atoms with van der Waals surface area (Å²) < 4.78 is 0. The summed E-state index contributed by atoms with van der Waals surface area (Å²) in [6.07, 6.45) is 18.8. The summed E-state index contributed by atoms with van der Waals surface area (Å²) in [4.78, 5) is 12.2. The lowest BCUT2D eigenvalue weighted by Gasteiger charge is -2.43. The van der Waals surface area contributed by atoms with E-state index >= 15 is 0 Å². The van der Waals surface area contributed by atoms with Crippen LogP contribution in [0.5, 0.6) is 0 Å². The second kappa shape index (κ2) is 7.97. The highest BCUT2D eigenvalue weighted by Crippen LogP contribution is 2.47. The molecule has 22 heavy (non-hydrogen) atoms. The summed E-state index contributed by atoms with van der Waals surface area (Å²) in [6, 6.07) is 0. The van der Waals surface area contributed by atoms with Gasteiger partial charge in [-0.25, -0.2) is 0 Å². The number of carbonyl (C=O) groups is 1. The van der Waals surface area contributed by atoms with Gasteiger partial charge in [0.15, 0.2) is 0 Å². The van der Waals surface area contributed by atoms with Crippen molar-refractivity contribution in [2.45, 2.75) is 96.8 Å². The molecule has 0 heterocycles. The van der Waals surface area contributed by atoms with E-state index in [1.807, 2.05) is 0 Å². The molecule has 126 valence electrons. The summed E-state index contributed by atoms with van der Waals surface area (Å²) in [5.74, 6) is 5.11. The van der Waals surface area contributed by atoms with Crippen LogP contribution in [0.15, 0.2) is 0 Å². The third-order valence-electron chi connectivity index (χ3n) is 7.25. The Hall–Kier alpha value is -0.330. The molecule has 3 aliphatic carbocycles. The molecule has 0 aliphatic heterocycles. The molecule has 0 amide bonds. The van der Waals surface area contributed by atoms with Crippen LogP contribution in [0.25, 0.3) is 0 Å². The summed E-state index contributed by atoms with van der Waals surface area (Å²) in [5.41, 5.74) is 0. The SMILES string of the molecule is CCCCC(=O)C1CCC([C@@H]2CC[C@H]3CCCC[C@@H]3C2)CC1. The Balaban J connectivity index is 1.44. The Morgan fingerprint density at radius 1 is 0.773 bits per heavy atom. The van der Waals surface area contributed by atoms with Crippen molar-refractivity contribution < 1.29 is 4.79 Å². The van der Waals surface area contributed by atoms with Gasteiger partial charge in [0, 0.05) is 12.3 Å². The van der Waals surface area contributed by atoms with Crippen molar-refractivity contribution in [2.75, 3.05) is 0 Å². The number of rotatable bonds is 5. The van der Waals surface area contributed by atoms with Crippen LogP contribution in [0.1, 0.15) is 96.8 Å². The molecule has 0 unspecified atom stereocenters. The zero-order valence-corrected chi connectivity index (χ0v) is 14.7. The third kappa shape index (κ3) is 3.95. The summed E-state index contributed by atoms with van der Waals surface area (Å²) >= 11 is 0. The lowest BCUT2D eigenvalue weighted by Crippen LogP contribution is -2.33. The van der Waals surface area contributed by atoms with Gasteiger partial charge in [0.2, 0.25) is 0 Å². The van der Waals surface area contributed by atoms with Crippen molar-refractivity contribution in [1.29, 1.82) is 0 Å². The smallest absolute Gasteiger partial charge is 0.135 e. The molecule has 1 heteroatoms. The van der Waals surface area contributed by atoms with E-state index in [9.17, 15) is 4.79 Å². The first kappa shape index (κ1) is 16.5. The first-order valence-corrected chi connectivity index (χ1v) is 10.3. The van der Waals surface area contributed by atoms with Crippen LogP contribution in [0.2, 0.25) is 0 Å². The largest absolute Gasteiger partial charge is 0.299 e. The van der Waals surface area contributed by atoms with Crippen LogP contribution in [-0.2, 0) is 4.79 Å². The number of ketones is 1. The maximum absolute atomic E-state index is 12.2. The van der Waals surface area contributed by atoms with Crippen molar-refractivity contribution in [3.8, 4) is 0 Å². The van der Waals surface area contributed by atoms with Crippen LogP contribution in [0, 0.1) is 29.6 Å². The van der Waals surface area contributed by atoms with Crippen LogP contribution in [-0.4, -0.2) is 5.78 Å². The minimum Gasteiger partial charge on any atom is -0.299 e. The maximum Gasteiger partial charge on any atom is 0.135 e. The van der Waals surface area contributed by atoms with Crippen molar-refractivity contribution in [1.82, 2.24) is 0 Å². The molecule has 3 rings (SSSR count). The lowest BCUT2D eigenvalue weighted by molar-refractivity contribution is -0.124. The molecule has 0 spiro atoms. The fourth-order valence-electron chi connectivity index (χ4n) is 5.81. The topological polar surface area (TPSA) is 17.1 Å². The van der Waals surface area contributed by atoms with Gasteiger partial charge in [-0.1, -0.05) is 39.0 Å². The monoisotopic (exact) mass is 304 g/mol. The van der Waals surface area contributed by atoms with E-state index in [0.717, 1.165) is 42.9 Å². The minimum absolute atomic E-state index is 0.425. The van der Waals surface area contributed by atoms with Gasteiger partial charge in [-0.15, -0.1) is 0 Å². The average molecular weight is 305 g/mol. The summed E-state index contributed by atoms with van der Waals surface area (Å²) in [6.45, 7) is 2.19. The van der Waals surface area contributed by atoms with E-state index in [1.165, 1.54) is 70.6 Å². The van der Waals surface area contributed by atoms with E-state index < -0.39 is 0 Å². The quantitative estimate of drug-likeness (QED) is 0.594. The molecule has 0 bridgehead atoms. The average Bonchev–Trinajstić information content (AvgIpc) is 2.59. The fraction of sp³-hybridized carbons (Fsp3) is 0.952. The van der Waals surface area contributed by atoms with Crippen molar-refractivity contribution in [2.24, 2.45) is 29.6 Å². The predicted molar refractivity (Wildman–Crippen MR) is 92.8 cm³/mol.